The van der Waals surface area contributed by atoms with E-state index in [-0.39, 0.29) is 11.8 Å². The van der Waals surface area contributed by atoms with E-state index in [0.29, 0.717) is 13.1 Å². The van der Waals surface area contributed by atoms with Crippen LogP contribution >= 0.6 is 0 Å². The molecule has 0 heterocycles. The Labute approximate surface area is 113 Å². The molecule has 0 fully saturated rings. The number of hydrogen-bond donors (Lipinski definition) is 3. The van der Waals surface area contributed by atoms with Crippen LogP contribution in [0.25, 0.3) is 0 Å². The van der Waals surface area contributed by atoms with E-state index in [4.69, 9.17) is 5.73 Å². The molecule has 19 heavy (non-hydrogen) atoms. The van der Waals surface area contributed by atoms with E-state index in [1.54, 1.807) is 12.1 Å². The van der Waals surface area contributed by atoms with Gasteiger partial charge in [0.15, 0.2) is 0 Å². The lowest BCUT2D eigenvalue weighted by molar-refractivity contribution is -0.129. The second kappa shape index (κ2) is 6.33. The number of nitrogens with two attached hydrogens (primary N) is 1. The summed E-state index contributed by atoms with van der Waals surface area (Å²) < 4.78 is 0. The van der Waals surface area contributed by atoms with Crippen LogP contribution in [-0.2, 0) is 16.1 Å². The molecule has 0 aliphatic heterocycles. The number of carbonyl (C=O) groups is 2. The highest BCUT2D eigenvalue weighted by molar-refractivity contribution is 5.88. The lowest BCUT2D eigenvalue weighted by Gasteiger charge is -2.21. The van der Waals surface area contributed by atoms with E-state index in [1.807, 2.05) is 26.0 Å². The van der Waals surface area contributed by atoms with Gasteiger partial charge < -0.3 is 16.4 Å². The van der Waals surface area contributed by atoms with Crippen molar-refractivity contribution < 1.29 is 9.59 Å². The molecule has 0 aliphatic rings. The van der Waals surface area contributed by atoms with Crippen molar-refractivity contribution in [1.29, 1.82) is 0 Å². The molecular formula is C14H21N3O2. The first-order valence-electron chi connectivity index (χ1n) is 6.20. The van der Waals surface area contributed by atoms with Gasteiger partial charge in [-0.05, 0) is 31.5 Å². The fourth-order valence-corrected chi connectivity index (χ4v) is 1.42. The average Bonchev–Trinajstić information content (AvgIpc) is 2.36. The average molecular weight is 263 g/mol. The molecule has 1 aromatic rings. The molecule has 0 saturated carbocycles. The zero-order chi connectivity index (χ0) is 14.5. The molecular weight excluding hydrogens is 242 g/mol. The third-order valence-corrected chi connectivity index (χ3v) is 2.85. The van der Waals surface area contributed by atoms with Crippen molar-refractivity contribution in [2.45, 2.75) is 27.3 Å². The zero-order valence-electron chi connectivity index (χ0n) is 11.6. The van der Waals surface area contributed by atoms with Crippen LogP contribution in [-0.4, -0.2) is 18.4 Å². The first-order valence-corrected chi connectivity index (χ1v) is 6.20. The summed E-state index contributed by atoms with van der Waals surface area (Å²) in [7, 11) is 0. The quantitative estimate of drug-likeness (QED) is 0.747. The minimum Gasteiger partial charge on any atom is -0.352 e. The Balaban J connectivity index is 2.55. The van der Waals surface area contributed by atoms with Crippen LogP contribution in [0.4, 0.5) is 5.69 Å². The maximum absolute atomic E-state index is 11.8. The van der Waals surface area contributed by atoms with Crippen LogP contribution in [0.2, 0.25) is 0 Å². The van der Waals surface area contributed by atoms with Crippen molar-refractivity contribution >= 4 is 17.5 Å². The van der Waals surface area contributed by atoms with E-state index < -0.39 is 5.41 Å². The normalized spacial score (nSPS) is 10.9. The van der Waals surface area contributed by atoms with Gasteiger partial charge in [0.05, 0.1) is 5.41 Å². The first-order chi connectivity index (χ1) is 8.85. The fraction of sp³-hybridized carbons (Fsp3) is 0.429. The van der Waals surface area contributed by atoms with Gasteiger partial charge in [0.1, 0.15) is 0 Å². The Morgan fingerprint density at radius 1 is 1.21 bits per heavy atom. The summed E-state index contributed by atoms with van der Waals surface area (Å²) in [5, 5.41) is 5.53. The summed E-state index contributed by atoms with van der Waals surface area (Å²) >= 11 is 0. The number of rotatable bonds is 5. The van der Waals surface area contributed by atoms with Crippen molar-refractivity contribution in [2.24, 2.45) is 11.1 Å². The van der Waals surface area contributed by atoms with Crippen LogP contribution in [0.5, 0.6) is 0 Å². The molecule has 104 valence electrons. The molecule has 0 unspecified atom stereocenters. The van der Waals surface area contributed by atoms with Gasteiger partial charge in [-0.15, -0.1) is 0 Å². The van der Waals surface area contributed by atoms with Crippen LogP contribution in [0, 0.1) is 5.41 Å². The molecule has 0 saturated heterocycles. The molecule has 0 radical (unpaired) electrons. The summed E-state index contributed by atoms with van der Waals surface area (Å²) in [6.07, 6.45) is 0. The Hall–Kier alpha value is -1.88. The topological polar surface area (TPSA) is 84.2 Å². The molecule has 1 aromatic carbocycles. The van der Waals surface area contributed by atoms with Crippen LogP contribution < -0.4 is 16.4 Å². The number of hydrogen-bond acceptors (Lipinski definition) is 3. The van der Waals surface area contributed by atoms with Crippen molar-refractivity contribution in [1.82, 2.24) is 5.32 Å². The first kappa shape index (κ1) is 15.2. The number of nitrogens with one attached hydrogen (secondary N) is 2. The Bertz CT molecular complexity index is 452. The standard InChI is InChI=1S/C14H21N3O2/c1-10(18)17-12-6-4-11(5-7-12)8-16-13(19)14(2,3)9-15/h4-7H,8-9,15H2,1-3H3,(H,16,19)(H,17,18). The van der Waals surface area contributed by atoms with Gasteiger partial charge in [0, 0.05) is 25.7 Å². The highest BCUT2D eigenvalue weighted by atomic mass is 16.2. The molecule has 4 N–H and O–H groups in total. The van der Waals surface area contributed by atoms with Gasteiger partial charge in [-0.2, -0.15) is 0 Å². The fourth-order valence-electron chi connectivity index (χ4n) is 1.42. The van der Waals surface area contributed by atoms with E-state index in [0.717, 1.165) is 11.3 Å². The molecule has 0 spiro atoms. The van der Waals surface area contributed by atoms with E-state index in [2.05, 4.69) is 10.6 Å². The second-order valence-electron chi connectivity index (χ2n) is 5.15. The van der Waals surface area contributed by atoms with Crippen molar-refractivity contribution in [3.8, 4) is 0 Å². The highest BCUT2D eigenvalue weighted by Gasteiger charge is 2.25. The smallest absolute Gasteiger partial charge is 0.227 e. The van der Waals surface area contributed by atoms with Gasteiger partial charge in [0.2, 0.25) is 11.8 Å². The molecule has 0 aliphatic carbocycles. The van der Waals surface area contributed by atoms with Crippen LogP contribution in [0.1, 0.15) is 26.3 Å². The molecule has 0 atom stereocenters. The maximum Gasteiger partial charge on any atom is 0.227 e. The van der Waals surface area contributed by atoms with Crippen molar-refractivity contribution in [2.75, 3.05) is 11.9 Å². The molecule has 1 rings (SSSR count). The summed E-state index contributed by atoms with van der Waals surface area (Å²) in [4.78, 5) is 22.7. The van der Waals surface area contributed by atoms with Gasteiger partial charge in [-0.25, -0.2) is 0 Å². The van der Waals surface area contributed by atoms with Gasteiger partial charge in [-0.1, -0.05) is 12.1 Å². The van der Waals surface area contributed by atoms with Gasteiger partial charge >= 0.3 is 0 Å². The summed E-state index contributed by atoms with van der Waals surface area (Å²) in [6.45, 7) is 5.83. The predicted molar refractivity (Wildman–Crippen MR) is 75.4 cm³/mol. The maximum atomic E-state index is 11.8. The predicted octanol–water partition coefficient (Wildman–Crippen LogP) is 1.25. The van der Waals surface area contributed by atoms with E-state index in [1.165, 1.54) is 6.92 Å². The van der Waals surface area contributed by atoms with Crippen LogP contribution in [0.15, 0.2) is 24.3 Å². The summed E-state index contributed by atoms with van der Waals surface area (Å²) in [6, 6.07) is 7.33. The van der Waals surface area contributed by atoms with Crippen molar-refractivity contribution in [3.05, 3.63) is 29.8 Å². The number of anilines is 1. The molecule has 5 heteroatoms. The molecule has 5 nitrogen and oxygen atoms in total. The third-order valence-electron chi connectivity index (χ3n) is 2.85. The monoisotopic (exact) mass is 263 g/mol. The lowest BCUT2D eigenvalue weighted by Crippen LogP contribution is -2.41. The SMILES string of the molecule is CC(=O)Nc1ccc(CNC(=O)C(C)(C)CN)cc1. The minimum absolute atomic E-state index is 0.0686. The van der Waals surface area contributed by atoms with Crippen LogP contribution in [0.3, 0.4) is 0 Å². The Morgan fingerprint density at radius 2 is 1.79 bits per heavy atom. The Kier molecular flexibility index (Phi) is 5.06. The summed E-state index contributed by atoms with van der Waals surface area (Å²) in [5.74, 6) is -0.174. The molecule has 2 amide bonds. The molecule has 0 aromatic heterocycles. The van der Waals surface area contributed by atoms with Gasteiger partial charge in [0.25, 0.3) is 0 Å². The third kappa shape index (κ3) is 4.71. The number of carbonyl (C=O) groups excluding carboxylic acids is 2. The second-order valence-corrected chi connectivity index (χ2v) is 5.15. The molecule has 0 bridgehead atoms. The number of benzene rings is 1. The Morgan fingerprint density at radius 3 is 2.26 bits per heavy atom. The van der Waals surface area contributed by atoms with Gasteiger partial charge in [-0.3, -0.25) is 9.59 Å². The van der Waals surface area contributed by atoms with E-state index in [9.17, 15) is 9.59 Å². The summed E-state index contributed by atoms with van der Waals surface area (Å²) in [5.41, 5.74) is 6.69. The zero-order valence-corrected chi connectivity index (χ0v) is 11.6. The minimum atomic E-state index is -0.559. The van der Waals surface area contributed by atoms with E-state index >= 15 is 0 Å². The highest BCUT2D eigenvalue weighted by Crippen LogP contribution is 2.13. The largest absolute Gasteiger partial charge is 0.352 e. The van der Waals surface area contributed by atoms with Crippen molar-refractivity contribution in [3.63, 3.8) is 0 Å². The number of amides is 2. The lowest BCUT2D eigenvalue weighted by atomic mass is 9.92.